The van der Waals surface area contributed by atoms with E-state index in [2.05, 4.69) is 15.7 Å². The van der Waals surface area contributed by atoms with Gasteiger partial charge < -0.3 is 10.7 Å². The maximum absolute atomic E-state index is 11.8. The summed E-state index contributed by atoms with van der Waals surface area (Å²) in [6.45, 7) is 0.725. The van der Waals surface area contributed by atoms with Crippen LogP contribution in [0.15, 0.2) is 18.5 Å². The smallest absolute Gasteiger partial charge is 0.255 e. The van der Waals surface area contributed by atoms with Gasteiger partial charge in [-0.05, 0) is 18.4 Å². The zero-order chi connectivity index (χ0) is 11.4. The molecule has 1 saturated carbocycles. The molecule has 4 N–H and O–H groups in total. The van der Waals surface area contributed by atoms with Crippen LogP contribution in [0.1, 0.15) is 29.6 Å². The number of nitrogen functional groups attached to an aromatic ring is 1. The van der Waals surface area contributed by atoms with Crippen molar-refractivity contribution in [2.24, 2.45) is 11.8 Å². The van der Waals surface area contributed by atoms with Crippen molar-refractivity contribution in [2.45, 2.75) is 19.3 Å². The fourth-order valence-corrected chi connectivity index (χ4v) is 1.59. The zero-order valence-corrected chi connectivity index (χ0v) is 9.07. The van der Waals surface area contributed by atoms with Crippen LogP contribution in [-0.4, -0.2) is 17.4 Å². The summed E-state index contributed by atoms with van der Waals surface area (Å²) in [7, 11) is 0. The molecule has 0 aliphatic heterocycles. The fourth-order valence-electron chi connectivity index (χ4n) is 1.59. The molecule has 0 aromatic carbocycles. The number of aromatic nitrogens is 1. The SMILES string of the molecule is NNc1ccncc1C(=O)NCCC1CC1. The Balaban J connectivity index is 1.90. The van der Waals surface area contributed by atoms with E-state index in [0.29, 0.717) is 11.3 Å². The highest BCUT2D eigenvalue weighted by atomic mass is 16.1. The van der Waals surface area contributed by atoms with Gasteiger partial charge in [0.2, 0.25) is 0 Å². The van der Waals surface area contributed by atoms with Gasteiger partial charge in [-0.1, -0.05) is 12.8 Å². The number of hydrogen-bond donors (Lipinski definition) is 3. The highest BCUT2D eigenvalue weighted by Crippen LogP contribution is 2.31. The maximum Gasteiger partial charge on any atom is 0.255 e. The fraction of sp³-hybridized carbons (Fsp3) is 0.455. The largest absolute Gasteiger partial charge is 0.352 e. The molecule has 1 aromatic heterocycles. The van der Waals surface area contributed by atoms with Gasteiger partial charge in [-0.3, -0.25) is 15.6 Å². The normalized spacial score (nSPS) is 14.6. The van der Waals surface area contributed by atoms with Crippen molar-refractivity contribution < 1.29 is 4.79 Å². The van der Waals surface area contributed by atoms with Gasteiger partial charge in [0.25, 0.3) is 5.91 Å². The summed E-state index contributed by atoms with van der Waals surface area (Å²) < 4.78 is 0. The van der Waals surface area contributed by atoms with Crippen molar-refractivity contribution in [1.82, 2.24) is 10.3 Å². The van der Waals surface area contributed by atoms with Gasteiger partial charge in [0.15, 0.2) is 0 Å². The quantitative estimate of drug-likeness (QED) is 0.508. The molecule has 0 bridgehead atoms. The first-order valence-electron chi connectivity index (χ1n) is 5.50. The van der Waals surface area contributed by atoms with Crippen molar-refractivity contribution in [3.8, 4) is 0 Å². The number of carbonyl (C=O) groups excluding carboxylic acids is 1. The van der Waals surface area contributed by atoms with Crippen LogP contribution in [0.25, 0.3) is 0 Å². The number of anilines is 1. The monoisotopic (exact) mass is 220 g/mol. The first-order chi connectivity index (χ1) is 7.81. The lowest BCUT2D eigenvalue weighted by Crippen LogP contribution is -2.26. The maximum atomic E-state index is 11.8. The number of amides is 1. The van der Waals surface area contributed by atoms with Crippen molar-refractivity contribution >= 4 is 11.6 Å². The highest BCUT2D eigenvalue weighted by molar-refractivity contribution is 5.99. The third-order valence-corrected chi connectivity index (χ3v) is 2.76. The molecule has 1 aliphatic carbocycles. The molecule has 1 heterocycles. The Kier molecular flexibility index (Phi) is 3.36. The molecule has 1 aromatic rings. The van der Waals surface area contributed by atoms with Gasteiger partial charge in [0.05, 0.1) is 11.3 Å². The average Bonchev–Trinajstić information content (AvgIpc) is 3.13. The number of rotatable bonds is 5. The van der Waals surface area contributed by atoms with E-state index in [4.69, 9.17) is 5.84 Å². The van der Waals surface area contributed by atoms with Gasteiger partial charge in [0, 0.05) is 18.9 Å². The Bertz CT molecular complexity index is 376. The number of hydrogen-bond acceptors (Lipinski definition) is 4. The predicted octanol–water partition coefficient (Wildman–Crippen LogP) is 0.897. The van der Waals surface area contributed by atoms with E-state index >= 15 is 0 Å². The van der Waals surface area contributed by atoms with Crippen molar-refractivity contribution in [3.05, 3.63) is 24.0 Å². The second-order valence-electron chi connectivity index (χ2n) is 4.05. The van der Waals surface area contributed by atoms with E-state index in [9.17, 15) is 4.79 Å². The number of carbonyl (C=O) groups is 1. The molecule has 0 atom stereocenters. The molecule has 1 fully saturated rings. The van der Waals surface area contributed by atoms with Gasteiger partial charge in [-0.2, -0.15) is 0 Å². The van der Waals surface area contributed by atoms with Crippen LogP contribution < -0.4 is 16.6 Å². The molecule has 0 radical (unpaired) electrons. The van der Waals surface area contributed by atoms with Crippen LogP contribution in [0.3, 0.4) is 0 Å². The number of nitrogens with two attached hydrogens (primary N) is 1. The summed E-state index contributed by atoms with van der Waals surface area (Å²) in [5, 5.41) is 2.87. The van der Waals surface area contributed by atoms with E-state index in [1.807, 2.05) is 0 Å². The summed E-state index contributed by atoms with van der Waals surface area (Å²) in [6.07, 6.45) is 6.78. The zero-order valence-electron chi connectivity index (χ0n) is 9.07. The van der Waals surface area contributed by atoms with E-state index in [-0.39, 0.29) is 5.91 Å². The van der Waals surface area contributed by atoms with E-state index in [0.717, 1.165) is 18.9 Å². The van der Waals surface area contributed by atoms with Crippen LogP contribution in [0.2, 0.25) is 0 Å². The Labute approximate surface area is 94.4 Å². The molecule has 86 valence electrons. The van der Waals surface area contributed by atoms with Crippen LogP contribution >= 0.6 is 0 Å². The number of hydrazine groups is 1. The first kappa shape index (κ1) is 10.9. The second-order valence-corrected chi connectivity index (χ2v) is 4.05. The van der Waals surface area contributed by atoms with Crippen molar-refractivity contribution in [2.75, 3.05) is 12.0 Å². The predicted molar refractivity (Wildman–Crippen MR) is 61.7 cm³/mol. The van der Waals surface area contributed by atoms with Gasteiger partial charge >= 0.3 is 0 Å². The summed E-state index contributed by atoms with van der Waals surface area (Å²) in [6, 6.07) is 1.68. The Morgan fingerprint density at radius 2 is 2.38 bits per heavy atom. The van der Waals surface area contributed by atoms with E-state index < -0.39 is 0 Å². The Morgan fingerprint density at radius 3 is 3.06 bits per heavy atom. The van der Waals surface area contributed by atoms with Crippen LogP contribution in [0, 0.1) is 5.92 Å². The third kappa shape index (κ3) is 2.70. The van der Waals surface area contributed by atoms with Crippen LogP contribution in [0.5, 0.6) is 0 Å². The molecule has 2 rings (SSSR count). The molecule has 1 aliphatic rings. The molecule has 5 nitrogen and oxygen atoms in total. The lowest BCUT2D eigenvalue weighted by Gasteiger charge is -2.08. The average molecular weight is 220 g/mol. The first-order valence-corrected chi connectivity index (χ1v) is 5.50. The van der Waals surface area contributed by atoms with Crippen molar-refractivity contribution in [3.63, 3.8) is 0 Å². The van der Waals surface area contributed by atoms with Crippen molar-refractivity contribution in [1.29, 1.82) is 0 Å². The number of nitrogens with one attached hydrogen (secondary N) is 2. The summed E-state index contributed by atoms with van der Waals surface area (Å²) in [4.78, 5) is 15.7. The summed E-state index contributed by atoms with van der Waals surface area (Å²) >= 11 is 0. The minimum Gasteiger partial charge on any atom is -0.352 e. The van der Waals surface area contributed by atoms with Gasteiger partial charge in [-0.25, -0.2) is 0 Å². The van der Waals surface area contributed by atoms with Gasteiger partial charge in [-0.15, -0.1) is 0 Å². The number of pyridine rings is 1. The molecule has 5 heteroatoms. The summed E-state index contributed by atoms with van der Waals surface area (Å²) in [5.74, 6) is 6.01. The molecular weight excluding hydrogens is 204 g/mol. The minimum absolute atomic E-state index is 0.123. The number of nitrogens with zero attached hydrogens (tertiary/aromatic N) is 1. The van der Waals surface area contributed by atoms with E-state index in [1.165, 1.54) is 19.0 Å². The Hall–Kier alpha value is -1.62. The lowest BCUT2D eigenvalue weighted by atomic mass is 10.2. The van der Waals surface area contributed by atoms with Crippen LogP contribution in [-0.2, 0) is 0 Å². The highest BCUT2D eigenvalue weighted by Gasteiger charge is 2.21. The summed E-state index contributed by atoms with van der Waals surface area (Å²) in [5.41, 5.74) is 3.57. The van der Waals surface area contributed by atoms with E-state index in [1.54, 1.807) is 12.3 Å². The van der Waals surface area contributed by atoms with Crippen LogP contribution in [0.4, 0.5) is 5.69 Å². The Morgan fingerprint density at radius 1 is 1.56 bits per heavy atom. The molecule has 1 amide bonds. The molecule has 0 unspecified atom stereocenters. The molecule has 0 spiro atoms. The topological polar surface area (TPSA) is 80.0 Å². The lowest BCUT2D eigenvalue weighted by molar-refractivity contribution is 0.0953. The standard InChI is InChI=1S/C11H16N4O/c12-15-10-4-5-13-7-9(10)11(16)14-6-3-8-1-2-8/h4-5,7-8H,1-3,6,12H2,(H,13,15)(H,14,16). The third-order valence-electron chi connectivity index (χ3n) is 2.76. The van der Waals surface area contributed by atoms with Gasteiger partial charge in [0.1, 0.15) is 0 Å². The molecular formula is C11H16N4O. The minimum atomic E-state index is -0.123. The second kappa shape index (κ2) is 4.94. The molecule has 0 saturated heterocycles. The molecule has 16 heavy (non-hydrogen) atoms.